The number of nitrogens with one attached hydrogen (secondary N) is 1. The quantitative estimate of drug-likeness (QED) is 0.773. The van der Waals surface area contributed by atoms with E-state index in [2.05, 4.69) is 15.3 Å². The van der Waals surface area contributed by atoms with Gasteiger partial charge in [-0.2, -0.15) is 0 Å². The number of fused-ring (bicyclic) bond motifs is 1. The molecule has 1 aliphatic rings. The molecular weight excluding hydrogens is 324 g/mol. The highest BCUT2D eigenvalue weighted by Gasteiger charge is 2.19. The van der Waals surface area contributed by atoms with Gasteiger partial charge in [0, 0.05) is 18.5 Å². The van der Waals surface area contributed by atoms with Crippen LogP contribution in [0.4, 0.5) is 0 Å². The fraction of sp³-hybridized carbons (Fsp3) is 0.353. The normalized spacial score (nSPS) is 17.4. The van der Waals surface area contributed by atoms with E-state index < -0.39 is 0 Å². The number of para-hydroxylation sites is 2. The molecule has 1 fully saturated rings. The molecule has 3 heterocycles. The number of benzene rings is 1. The van der Waals surface area contributed by atoms with Crippen LogP contribution in [0.2, 0.25) is 0 Å². The molecule has 0 aliphatic carbocycles. The van der Waals surface area contributed by atoms with Gasteiger partial charge in [0.15, 0.2) is 5.82 Å². The van der Waals surface area contributed by atoms with Crippen molar-refractivity contribution >= 4 is 28.3 Å². The second-order valence-electron chi connectivity index (χ2n) is 5.82. The summed E-state index contributed by atoms with van der Waals surface area (Å²) in [5, 5.41) is 4.92. The van der Waals surface area contributed by atoms with E-state index in [1.54, 1.807) is 5.51 Å². The van der Waals surface area contributed by atoms with Crippen molar-refractivity contribution in [3.05, 3.63) is 35.2 Å². The Bertz CT molecular complexity index is 838. The van der Waals surface area contributed by atoms with Crippen LogP contribution in [0.3, 0.4) is 0 Å². The third-order valence-electron chi connectivity index (χ3n) is 4.17. The molecule has 124 valence electrons. The number of imidazole rings is 1. The summed E-state index contributed by atoms with van der Waals surface area (Å²) in [5.41, 5.74) is 4.37. The summed E-state index contributed by atoms with van der Waals surface area (Å²) < 4.78 is 7.47. The highest BCUT2D eigenvalue weighted by Crippen LogP contribution is 2.24. The standard InChI is InChI=1S/C17H18N4O2S/c22-16(18-8-12-4-3-7-23-12)9-21-15-6-2-1-5-13(15)20-17(21)14-10-24-11-19-14/h1-2,5-6,10-12H,3-4,7-9H2,(H,18,22)/t12-/m1/s1. The number of nitrogens with zero attached hydrogens (tertiary/aromatic N) is 3. The first-order valence-corrected chi connectivity index (χ1v) is 8.97. The van der Waals surface area contributed by atoms with E-state index in [9.17, 15) is 4.79 Å². The molecule has 1 aliphatic heterocycles. The summed E-state index contributed by atoms with van der Waals surface area (Å²) in [6.45, 7) is 1.58. The molecule has 1 N–H and O–H groups in total. The van der Waals surface area contributed by atoms with Crippen LogP contribution >= 0.6 is 11.3 Å². The molecule has 1 saturated heterocycles. The van der Waals surface area contributed by atoms with Crippen LogP contribution < -0.4 is 5.32 Å². The van der Waals surface area contributed by atoms with Crippen LogP contribution in [0.25, 0.3) is 22.6 Å². The molecule has 0 bridgehead atoms. The number of carbonyl (C=O) groups is 1. The van der Waals surface area contributed by atoms with Crippen molar-refractivity contribution in [2.45, 2.75) is 25.5 Å². The Balaban J connectivity index is 1.57. The molecule has 0 unspecified atom stereocenters. The molecule has 2 aromatic heterocycles. The van der Waals surface area contributed by atoms with E-state index >= 15 is 0 Å². The third-order valence-corrected chi connectivity index (χ3v) is 4.76. The molecule has 1 aromatic carbocycles. The van der Waals surface area contributed by atoms with Gasteiger partial charge in [-0.05, 0) is 25.0 Å². The van der Waals surface area contributed by atoms with Crippen LogP contribution in [0.1, 0.15) is 12.8 Å². The minimum atomic E-state index is -0.0369. The Morgan fingerprint density at radius 1 is 1.42 bits per heavy atom. The Kier molecular flexibility index (Phi) is 4.27. The minimum Gasteiger partial charge on any atom is -0.376 e. The predicted octanol–water partition coefficient (Wildman–Crippen LogP) is 2.46. The smallest absolute Gasteiger partial charge is 0.240 e. The van der Waals surface area contributed by atoms with Gasteiger partial charge in [-0.25, -0.2) is 9.97 Å². The molecule has 0 saturated carbocycles. The lowest BCUT2D eigenvalue weighted by atomic mass is 10.2. The summed E-state index contributed by atoms with van der Waals surface area (Å²) in [5.74, 6) is 0.690. The van der Waals surface area contributed by atoms with Crippen molar-refractivity contribution in [1.82, 2.24) is 19.9 Å². The van der Waals surface area contributed by atoms with E-state index in [0.717, 1.165) is 42.0 Å². The number of carbonyl (C=O) groups excluding carboxylic acids is 1. The van der Waals surface area contributed by atoms with E-state index in [0.29, 0.717) is 6.54 Å². The predicted molar refractivity (Wildman–Crippen MR) is 92.8 cm³/mol. The number of hydrogen-bond donors (Lipinski definition) is 1. The van der Waals surface area contributed by atoms with Gasteiger partial charge in [0.25, 0.3) is 0 Å². The first kappa shape index (κ1) is 15.3. The topological polar surface area (TPSA) is 69.0 Å². The van der Waals surface area contributed by atoms with Gasteiger partial charge in [0.2, 0.25) is 5.91 Å². The Labute approximate surface area is 143 Å². The van der Waals surface area contributed by atoms with Crippen molar-refractivity contribution in [2.24, 2.45) is 0 Å². The Hall–Kier alpha value is -2.25. The van der Waals surface area contributed by atoms with E-state index in [-0.39, 0.29) is 18.6 Å². The number of hydrogen-bond acceptors (Lipinski definition) is 5. The van der Waals surface area contributed by atoms with Crippen molar-refractivity contribution in [2.75, 3.05) is 13.2 Å². The van der Waals surface area contributed by atoms with Gasteiger partial charge < -0.3 is 14.6 Å². The lowest BCUT2D eigenvalue weighted by Gasteiger charge is -2.12. The van der Waals surface area contributed by atoms with Gasteiger partial charge in [0.05, 0.1) is 22.6 Å². The first-order valence-electron chi connectivity index (χ1n) is 8.03. The zero-order chi connectivity index (χ0) is 16.4. The molecule has 0 spiro atoms. The molecule has 3 aromatic rings. The maximum atomic E-state index is 12.4. The van der Waals surface area contributed by atoms with E-state index in [4.69, 9.17) is 4.74 Å². The van der Waals surface area contributed by atoms with Gasteiger partial charge in [0.1, 0.15) is 12.2 Å². The summed E-state index contributed by atoms with van der Waals surface area (Å²) in [4.78, 5) is 21.4. The lowest BCUT2D eigenvalue weighted by molar-refractivity contribution is -0.122. The zero-order valence-corrected chi connectivity index (χ0v) is 14.0. The van der Waals surface area contributed by atoms with Crippen molar-refractivity contribution in [1.29, 1.82) is 0 Å². The number of ether oxygens (including phenoxy) is 1. The van der Waals surface area contributed by atoms with E-state index in [1.165, 1.54) is 11.3 Å². The first-order chi connectivity index (χ1) is 11.8. The number of rotatable bonds is 5. The van der Waals surface area contributed by atoms with Crippen LogP contribution in [-0.2, 0) is 16.1 Å². The van der Waals surface area contributed by atoms with Crippen LogP contribution in [0.15, 0.2) is 35.2 Å². The largest absolute Gasteiger partial charge is 0.376 e. The maximum Gasteiger partial charge on any atom is 0.240 e. The number of thiazole rings is 1. The minimum absolute atomic E-state index is 0.0369. The molecule has 24 heavy (non-hydrogen) atoms. The van der Waals surface area contributed by atoms with Gasteiger partial charge >= 0.3 is 0 Å². The molecule has 1 amide bonds. The summed E-state index contributed by atoms with van der Waals surface area (Å²) in [6.07, 6.45) is 2.23. The van der Waals surface area contributed by atoms with E-state index in [1.807, 2.05) is 34.2 Å². The third kappa shape index (κ3) is 3.05. The molecule has 1 atom stereocenters. The second-order valence-corrected chi connectivity index (χ2v) is 6.54. The van der Waals surface area contributed by atoms with Crippen LogP contribution in [0, 0.1) is 0 Å². The average molecular weight is 342 g/mol. The highest BCUT2D eigenvalue weighted by molar-refractivity contribution is 7.07. The summed E-state index contributed by atoms with van der Waals surface area (Å²) in [7, 11) is 0. The second kappa shape index (κ2) is 6.70. The monoisotopic (exact) mass is 342 g/mol. The fourth-order valence-electron chi connectivity index (χ4n) is 2.99. The van der Waals surface area contributed by atoms with Gasteiger partial charge in [-0.3, -0.25) is 4.79 Å². The zero-order valence-electron chi connectivity index (χ0n) is 13.1. The van der Waals surface area contributed by atoms with Gasteiger partial charge in [-0.15, -0.1) is 11.3 Å². The molecule has 0 radical (unpaired) electrons. The van der Waals surface area contributed by atoms with Crippen LogP contribution in [0.5, 0.6) is 0 Å². The average Bonchev–Trinajstić information content (AvgIpc) is 3.34. The van der Waals surface area contributed by atoms with Crippen molar-refractivity contribution in [3.8, 4) is 11.5 Å². The Morgan fingerprint density at radius 3 is 3.12 bits per heavy atom. The molecule has 7 heteroatoms. The SMILES string of the molecule is O=C(Cn1c(-c2cscn2)nc2ccccc21)NC[C@H]1CCCO1. The van der Waals surface area contributed by atoms with Crippen molar-refractivity contribution in [3.63, 3.8) is 0 Å². The maximum absolute atomic E-state index is 12.4. The fourth-order valence-corrected chi connectivity index (χ4v) is 3.52. The summed E-state index contributed by atoms with van der Waals surface area (Å²) >= 11 is 1.52. The number of amides is 1. The number of aromatic nitrogens is 3. The molecule has 4 rings (SSSR count). The highest BCUT2D eigenvalue weighted by atomic mass is 32.1. The van der Waals surface area contributed by atoms with Gasteiger partial charge in [-0.1, -0.05) is 12.1 Å². The Morgan fingerprint density at radius 2 is 2.33 bits per heavy atom. The van der Waals surface area contributed by atoms with Crippen molar-refractivity contribution < 1.29 is 9.53 Å². The summed E-state index contributed by atoms with van der Waals surface area (Å²) in [6, 6.07) is 7.83. The molecular formula is C17H18N4O2S. The lowest BCUT2D eigenvalue weighted by Crippen LogP contribution is -2.34. The molecule has 6 nitrogen and oxygen atoms in total. The van der Waals surface area contributed by atoms with Crippen LogP contribution in [-0.4, -0.2) is 39.7 Å².